The van der Waals surface area contributed by atoms with Crippen molar-refractivity contribution in [1.29, 1.82) is 0 Å². The Morgan fingerprint density at radius 3 is 2.69 bits per heavy atom. The Balaban J connectivity index is 1.68. The minimum absolute atomic E-state index is 0.0130. The molecule has 35 heavy (non-hydrogen) atoms. The number of piperazine rings is 1. The molecule has 6 nitrogen and oxygen atoms in total. The number of H-pyrrole nitrogens is 1. The molecule has 0 unspecified atom stereocenters. The summed E-state index contributed by atoms with van der Waals surface area (Å²) in [5.41, 5.74) is 3.79. The highest BCUT2D eigenvalue weighted by molar-refractivity contribution is 6.33. The first-order valence-corrected chi connectivity index (χ1v) is 11.6. The fourth-order valence-corrected chi connectivity index (χ4v) is 5.04. The summed E-state index contributed by atoms with van der Waals surface area (Å²) in [7, 11) is 1.62. The number of nitrogens with zero attached hydrogens (tertiary/aromatic N) is 2. The highest BCUT2D eigenvalue weighted by atomic mass is 35.5. The van der Waals surface area contributed by atoms with Crippen LogP contribution in [0, 0.1) is 6.92 Å². The fourth-order valence-electron chi connectivity index (χ4n) is 4.77. The van der Waals surface area contributed by atoms with E-state index >= 15 is 0 Å². The summed E-state index contributed by atoms with van der Waals surface area (Å²) in [6.07, 6.45) is -3.24. The number of carboxylic acids is 1. The van der Waals surface area contributed by atoms with E-state index in [4.69, 9.17) is 16.3 Å². The first kappa shape index (κ1) is 25.3. The Kier molecular flexibility index (Phi) is 7.30. The zero-order valence-electron chi connectivity index (χ0n) is 19.5. The number of alkyl halides is 3. The first-order valence-electron chi connectivity index (χ1n) is 11.3. The lowest BCUT2D eigenvalue weighted by Crippen LogP contribution is -2.48. The van der Waals surface area contributed by atoms with Crippen LogP contribution in [0.15, 0.2) is 36.5 Å². The molecule has 1 fully saturated rings. The van der Waals surface area contributed by atoms with Crippen LogP contribution in [0.5, 0.6) is 5.75 Å². The molecule has 1 saturated heterocycles. The van der Waals surface area contributed by atoms with Crippen molar-refractivity contribution in [2.24, 2.45) is 0 Å². The van der Waals surface area contributed by atoms with Crippen molar-refractivity contribution in [2.45, 2.75) is 32.1 Å². The summed E-state index contributed by atoms with van der Waals surface area (Å²) in [6.45, 7) is 3.79. The van der Waals surface area contributed by atoms with Crippen molar-refractivity contribution in [3.8, 4) is 5.75 Å². The monoisotopic (exact) mass is 509 g/mol. The van der Waals surface area contributed by atoms with Gasteiger partial charge in [-0.1, -0.05) is 17.7 Å². The first-order chi connectivity index (χ1) is 16.6. The lowest BCUT2D eigenvalue weighted by atomic mass is 9.98. The largest absolute Gasteiger partial charge is 0.496 e. The molecule has 188 valence electrons. The molecule has 1 atom stereocenters. The fraction of sp³-hybridized carbons (Fsp3) is 0.400. The lowest BCUT2D eigenvalue weighted by molar-refractivity contribution is -0.139. The molecule has 0 radical (unpaired) electrons. The van der Waals surface area contributed by atoms with E-state index in [9.17, 15) is 23.1 Å². The van der Waals surface area contributed by atoms with Crippen molar-refractivity contribution < 1.29 is 27.8 Å². The van der Waals surface area contributed by atoms with Crippen LogP contribution in [-0.2, 0) is 6.54 Å². The van der Waals surface area contributed by atoms with Crippen LogP contribution >= 0.6 is 11.6 Å². The number of hydrogen-bond donors (Lipinski definition) is 2. The third-order valence-corrected chi connectivity index (χ3v) is 6.90. The van der Waals surface area contributed by atoms with Crippen molar-refractivity contribution >= 4 is 28.5 Å². The van der Waals surface area contributed by atoms with Crippen LogP contribution in [0.1, 0.15) is 39.5 Å². The number of hydrogen-bond acceptors (Lipinski definition) is 4. The average molecular weight is 510 g/mol. The number of nitrogens with one attached hydrogen (secondary N) is 1. The molecule has 2 N–H and O–H groups in total. The molecule has 4 rings (SSSR count). The summed E-state index contributed by atoms with van der Waals surface area (Å²) in [5.74, 6) is -0.389. The normalized spacial score (nSPS) is 17.7. The number of carbonyl (C=O) groups is 1. The maximum atomic E-state index is 12.9. The topological polar surface area (TPSA) is 68.8 Å². The number of fused-ring (bicyclic) bond motifs is 1. The molecule has 3 aromatic rings. The van der Waals surface area contributed by atoms with Crippen LogP contribution < -0.4 is 4.74 Å². The molecule has 0 aliphatic carbocycles. The summed E-state index contributed by atoms with van der Waals surface area (Å²) >= 11 is 6.25. The molecule has 2 heterocycles. The van der Waals surface area contributed by atoms with Crippen LogP contribution in [0.2, 0.25) is 5.02 Å². The maximum Gasteiger partial charge on any atom is 0.390 e. The molecule has 0 amide bonds. The SMILES string of the molecule is COc1cc(C)c2[nH]ccc2c1CN1CCN(CCC(F)(F)F)C[C@H]1c1ccc(C(=O)O)c(Cl)c1. The van der Waals surface area contributed by atoms with Crippen LogP contribution in [0.3, 0.4) is 0 Å². The second-order valence-electron chi connectivity index (χ2n) is 8.84. The molecule has 0 spiro atoms. The van der Waals surface area contributed by atoms with Gasteiger partial charge in [0.25, 0.3) is 0 Å². The van der Waals surface area contributed by atoms with E-state index in [1.165, 1.54) is 6.07 Å². The minimum atomic E-state index is -4.23. The second kappa shape index (κ2) is 10.1. The third kappa shape index (κ3) is 5.58. The number of aromatic carboxylic acids is 1. The standard InChI is InChI=1S/C25H27ClF3N3O3/c1-15-11-22(35-2)19(17-5-7-30-23(15)17)13-32-10-9-31(8-6-25(27,28)29)14-21(32)16-3-4-18(24(33)34)20(26)12-16/h3-5,7,11-12,21,30H,6,8-10,13-14H2,1-2H3,(H,33,34)/t21-/m0/s1. The summed E-state index contributed by atoms with van der Waals surface area (Å²) in [6, 6.07) is 8.43. The Morgan fingerprint density at radius 2 is 2.03 bits per heavy atom. The van der Waals surface area contributed by atoms with Gasteiger partial charge in [-0.25, -0.2) is 4.79 Å². The third-order valence-electron chi connectivity index (χ3n) is 6.59. The molecule has 10 heteroatoms. The van der Waals surface area contributed by atoms with Crippen molar-refractivity contribution in [2.75, 3.05) is 33.3 Å². The molecule has 0 saturated carbocycles. The van der Waals surface area contributed by atoms with Gasteiger partial charge in [-0.3, -0.25) is 9.80 Å². The summed E-state index contributed by atoms with van der Waals surface area (Å²) < 4.78 is 44.3. The predicted molar refractivity (Wildman–Crippen MR) is 128 cm³/mol. The number of aryl methyl sites for hydroxylation is 1. The van der Waals surface area contributed by atoms with Gasteiger partial charge in [0.2, 0.25) is 0 Å². The number of aromatic amines is 1. The Bertz CT molecular complexity index is 1230. The van der Waals surface area contributed by atoms with E-state index in [0.29, 0.717) is 26.2 Å². The van der Waals surface area contributed by atoms with Gasteiger partial charge in [0.15, 0.2) is 0 Å². The van der Waals surface area contributed by atoms with Gasteiger partial charge in [0.05, 0.1) is 24.1 Å². The zero-order chi connectivity index (χ0) is 25.3. The minimum Gasteiger partial charge on any atom is -0.496 e. The average Bonchev–Trinajstić information content (AvgIpc) is 3.30. The van der Waals surface area contributed by atoms with E-state index in [1.54, 1.807) is 24.1 Å². The van der Waals surface area contributed by atoms with Crippen molar-refractivity contribution in [3.05, 3.63) is 63.8 Å². The van der Waals surface area contributed by atoms with E-state index in [-0.39, 0.29) is 23.2 Å². The Hall–Kier alpha value is -2.75. The second-order valence-corrected chi connectivity index (χ2v) is 9.24. The summed E-state index contributed by atoms with van der Waals surface area (Å²) in [5, 5.41) is 10.5. The number of halogens is 4. The van der Waals surface area contributed by atoms with Crippen molar-refractivity contribution in [3.63, 3.8) is 0 Å². The van der Waals surface area contributed by atoms with E-state index < -0.39 is 18.6 Å². The smallest absolute Gasteiger partial charge is 0.390 e. The quantitative estimate of drug-likeness (QED) is 0.431. The molecule has 1 aliphatic rings. The Labute approximate surface area is 206 Å². The van der Waals surface area contributed by atoms with Gasteiger partial charge in [-0.2, -0.15) is 13.2 Å². The lowest BCUT2D eigenvalue weighted by Gasteiger charge is -2.42. The number of benzene rings is 2. The number of methoxy groups -OCH3 is 1. The van der Waals surface area contributed by atoms with Gasteiger partial charge in [0, 0.05) is 61.4 Å². The molecule has 1 aromatic heterocycles. The zero-order valence-corrected chi connectivity index (χ0v) is 20.2. The van der Waals surface area contributed by atoms with Crippen LogP contribution in [0.25, 0.3) is 10.9 Å². The number of aromatic nitrogens is 1. The molecule has 0 bridgehead atoms. The molecule has 2 aromatic carbocycles. The van der Waals surface area contributed by atoms with Crippen molar-refractivity contribution in [1.82, 2.24) is 14.8 Å². The highest BCUT2D eigenvalue weighted by Gasteiger charge is 2.33. The summed E-state index contributed by atoms with van der Waals surface area (Å²) in [4.78, 5) is 18.7. The maximum absolute atomic E-state index is 12.9. The molecule has 1 aliphatic heterocycles. The van der Waals surface area contributed by atoms with Crippen LogP contribution in [-0.4, -0.2) is 65.3 Å². The number of rotatable bonds is 7. The van der Waals surface area contributed by atoms with Gasteiger partial charge >= 0.3 is 12.1 Å². The van der Waals surface area contributed by atoms with Gasteiger partial charge in [-0.05, 0) is 42.3 Å². The van der Waals surface area contributed by atoms with Crippen LogP contribution in [0.4, 0.5) is 13.2 Å². The van der Waals surface area contributed by atoms with Gasteiger partial charge < -0.3 is 14.8 Å². The predicted octanol–water partition coefficient (Wildman–Crippen LogP) is 5.65. The number of ether oxygens (including phenoxy) is 1. The van der Waals surface area contributed by atoms with E-state index in [0.717, 1.165) is 33.3 Å². The molecular formula is C25H27ClF3N3O3. The van der Waals surface area contributed by atoms with E-state index in [1.807, 2.05) is 25.3 Å². The Morgan fingerprint density at radius 1 is 1.26 bits per heavy atom. The number of carboxylic acid groups (broad SMARTS) is 1. The highest BCUT2D eigenvalue weighted by Crippen LogP contribution is 2.36. The van der Waals surface area contributed by atoms with E-state index in [2.05, 4.69) is 9.88 Å². The molecular weight excluding hydrogens is 483 g/mol. The van der Waals surface area contributed by atoms with Gasteiger partial charge in [-0.15, -0.1) is 0 Å². The van der Waals surface area contributed by atoms with Gasteiger partial charge in [0.1, 0.15) is 5.75 Å².